The molecule has 2 nitrogen and oxygen atoms in total. The zero-order valence-electron chi connectivity index (χ0n) is 9.53. The number of halogens is 1. The van der Waals surface area contributed by atoms with Crippen LogP contribution in [0.1, 0.15) is 22.4 Å². The minimum absolute atomic E-state index is 0.133. The highest BCUT2D eigenvalue weighted by Crippen LogP contribution is 2.39. The molecule has 2 aromatic rings. The van der Waals surface area contributed by atoms with Gasteiger partial charge in [-0.15, -0.1) is 11.3 Å². The third-order valence-electron chi connectivity index (χ3n) is 2.91. The van der Waals surface area contributed by atoms with Crippen LogP contribution in [0, 0.1) is 5.82 Å². The van der Waals surface area contributed by atoms with Gasteiger partial charge in [-0.3, -0.25) is 0 Å². The van der Waals surface area contributed by atoms with Gasteiger partial charge in [0.15, 0.2) is 0 Å². The number of hydrogen-bond donors (Lipinski definition) is 1. The van der Waals surface area contributed by atoms with Gasteiger partial charge >= 0.3 is 0 Å². The maximum Gasteiger partial charge on any atom is 0.123 e. The quantitative estimate of drug-likeness (QED) is 0.757. The van der Waals surface area contributed by atoms with Gasteiger partial charge in [0.05, 0.1) is 10.7 Å². The molecule has 0 saturated carbocycles. The van der Waals surface area contributed by atoms with E-state index in [0.29, 0.717) is 0 Å². The minimum atomic E-state index is -0.172. The molecular formula is C13H13FN2S. The monoisotopic (exact) mass is 248 g/mol. The fourth-order valence-corrected chi connectivity index (χ4v) is 3.45. The summed E-state index contributed by atoms with van der Waals surface area (Å²) < 4.78 is 13.1. The van der Waals surface area contributed by atoms with Crippen LogP contribution in [0.2, 0.25) is 0 Å². The number of nitrogens with two attached hydrogens (primary N) is 1. The predicted molar refractivity (Wildman–Crippen MR) is 67.7 cm³/mol. The Labute approximate surface area is 103 Å². The second-order valence-electron chi connectivity index (χ2n) is 4.54. The second-order valence-corrected chi connectivity index (χ2v) is 5.71. The van der Waals surface area contributed by atoms with Gasteiger partial charge in [-0.05, 0) is 30.7 Å². The van der Waals surface area contributed by atoms with E-state index in [1.807, 2.05) is 13.0 Å². The molecule has 0 radical (unpaired) electrons. The zero-order chi connectivity index (χ0) is 12.0. The lowest BCUT2D eigenvalue weighted by Crippen LogP contribution is -2.17. The van der Waals surface area contributed by atoms with E-state index in [4.69, 9.17) is 5.73 Å². The third-order valence-corrected chi connectivity index (χ3v) is 3.99. The average molecular weight is 248 g/mol. The Kier molecular flexibility index (Phi) is 2.49. The summed E-state index contributed by atoms with van der Waals surface area (Å²) in [5.41, 5.74) is 8.93. The molecule has 1 aliphatic carbocycles. The van der Waals surface area contributed by atoms with Crippen molar-refractivity contribution >= 4 is 11.3 Å². The van der Waals surface area contributed by atoms with Crippen LogP contribution < -0.4 is 5.73 Å². The fourth-order valence-electron chi connectivity index (χ4n) is 2.21. The van der Waals surface area contributed by atoms with E-state index in [1.54, 1.807) is 17.4 Å². The van der Waals surface area contributed by atoms with E-state index in [9.17, 15) is 4.39 Å². The normalized spacial score (nSPS) is 14.5. The number of fused-ring (bicyclic) bond motifs is 3. The van der Waals surface area contributed by atoms with E-state index in [0.717, 1.165) is 34.7 Å². The van der Waals surface area contributed by atoms with Crippen molar-refractivity contribution in [3.8, 4) is 11.3 Å². The molecule has 0 fully saturated rings. The Bertz CT molecular complexity index is 575. The van der Waals surface area contributed by atoms with Gasteiger partial charge in [-0.1, -0.05) is 0 Å². The van der Waals surface area contributed by atoms with Crippen LogP contribution in [-0.4, -0.2) is 11.0 Å². The van der Waals surface area contributed by atoms with E-state index >= 15 is 0 Å². The lowest BCUT2D eigenvalue weighted by Gasteiger charge is -2.01. The molecule has 0 bridgehead atoms. The number of thiazole rings is 1. The van der Waals surface area contributed by atoms with Crippen LogP contribution in [0.5, 0.6) is 0 Å². The molecular weight excluding hydrogens is 235 g/mol. The predicted octanol–water partition coefficient (Wildman–Crippen LogP) is 2.74. The molecule has 88 valence electrons. The Morgan fingerprint density at radius 2 is 2.35 bits per heavy atom. The number of hydrogen-bond acceptors (Lipinski definition) is 3. The highest BCUT2D eigenvalue weighted by atomic mass is 32.1. The zero-order valence-corrected chi connectivity index (χ0v) is 10.4. The Balaban J connectivity index is 2.00. The van der Waals surface area contributed by atoms with Gasteiger partial charge < -0.3 is 5.73 Å². The molecule has 1 atom stereocenters. The molecule has 2 N–H and O–H groups in total. The van der Waals surface area contributed by atoms with Crippen molar-refractivity contribution in [1.29, 1.82) is 0 Å². The first-order chi connectivity index (χ1) is 8.13. The molecule has 3 rings (SSSR count). The standard InChI is InChI=1S/C13H13FN2S/c1-7(15)4-12-16-13-10-3-2-9(14)5-8(10)6-11(13)17-12/h2-3,5,7H,4,6,15H2,1H3. The lowest BCUT2D eigenvalue weighted by atomic mass is 10.1. The summed E-state index contributed by atoms with van der Waals surface area (Å²) in [7, 11) is 0. The molecule has 1 heterocycles. The maximum absolute atomic E-state index is 13.1. The largest absolute Gasteiger partial charge is 0.328 e. The maximum atomic E-state index is 13.1. The summed E-state index contributed by atoms with van der Waals surface area (Å²) >= 11 is 1.70. The van der Waals surface area contributed by atoms with Crippen molar-refractivity contribution in [2.45, 2.75) is 25.8 Å². The van der Waals surface area contributed by atoms with Gasteiger partial charge in [0, 0.05) is 29.3 Å². The number of nitrogens with zero attached hydrogens (tertiary/aromatic N) is 1. The van der Waals surface area contributed by atoms with Gasteiger partial charge in [-0.2, -0.15) is 0 Å². The highest BCUT2D eigenvalue weighted by Gasteiger charge is 2.23. The molecule has 0 aliphatic heterocycles. The first-order valence-corrected chi connectivity index (χ1v) is 6.48. The van der Waals surface area contributed by atoms with Gasteiger partial charge in [0.25, 0.3) is 0 Å². The van der Waals surface area contributed by atoms with E-state index < -0.39 is 0 Å². The van der Waals surface area contributed by atoms with E-state index in [2.05, 4.69) is 4.98 Å². The number of rotatable bonds is 2. The van der Waals surface area contributed by atoms with Gasteiger partial charge in [0.2, 0.25) is 0 Å². The molecule has 0 spiro atoms. The average Bonchev–Trinajstić information content (AvgIpc) is 2.72. The Morgan fingerprint density at radius 3 is 3.12 bits per heavy atom. The summed E-state index contributed by atoms with van der Waals surface area (Å²) in [6.45, 7) is 1.98. The van der Waals surface area contributed by atoms with Crippen molar-refractivity contribution in [3.05, 3.63) is 39.5 Å². The molecule has 1 aromatic carbocycles. The number of aromatic nitrogens is 1. The lowest BCUT2D eigenvalue weighted by molar-refractivity contribution is 0.626. The van der Waals surface area contributed by atoms with Crippen LogP contribution in [0.4, 0.5) is 4.39 Å². The molecule has 4 heteroatoms. The molecule has 17 heavy (non-hydrogen) atoms. The SMILES string of the molecule is CC(N)Cc1nc2c(s1)Cc1cc(F)ccc1-2. The van der Waals surface area contributed by atoms with Crippen molar-refractivity contribution < 1.29 is 4.39 Å². The molecule has 1 aliphatic rings. The topological polar surface area (TPSA) is 38.9 Å². The summed E-state index contributed by atoms with van der Waals surface area (Å²) in [5, 5.41) is 1.08. The van der Waals surface area contributed by atoms with Crippen molar-refractivity contribution in [1.82, 2.24) is 4.98 Å². The van der Waals surface area contributed by atoms with E-state index in [-0.39, 0.29) is 11.9 Å². The fraction of sp³-hybridized carbons (Fsp3) is 0.308. The summed E-state index contributed by atoms with van der Waals surface area (Å²) in [4.78, 5) is 5.86. The molecule has 1 unspecified atom stereocenters. The number of benzene rings is 1. The van der Waals surface area contributed by atoms with Crippen molar-refractivity contribution in [2.75, 3.05) is 0 Å². The summed E-state index contributed by atoms with van der Waals surface area (Å²) in [5.74, 6) is -0.172. The first kappa shape index (κ1) is 10.9. The Morgan fingerprint density at radius 1 is 1.53 bits per heavy atom. The second kappa shape index (κ2) is 3.89. The van der Waals surface area contributed by atoms with Crippen LogP contribution in [-0.2, 0) is 12.8 Å². The van der Waals surface area contributed by atoms with Crippen LogP contribution in [0.15, 0.2) is 18.2 Å². The van der Waals surface area contributed by atoms with Crippen molar-refractivity contribution in [3.63, 3.8) is 0 Å². The third kappa shape index (κ3) is 1.87. The van der Waals surface area contributed by atoms with Crippen molar-refractivity contribution in [2.24, 2.45) is 5.73 Å². The van der Waals surface area contributed by atoms with Crippen LogP contribution >= 0.6 is 11.3 Å². The highest BCUT2D eigenvalue weighted by molar-refractivity contribution is 7.12. The summed E-state index contributed by atoms with van der Waals surface area (Å²) in [6.07, 6.45) is 1.62. The van der Waals surface area contributed by atoms with Crippen LogP contribution in [0.25, 0.3) is 11.3 Å². The van der Waals surface area contributed by atoms with Crippen LogP contribution in [0.3, 0.4) is 0 Å². The minimum Gasteiger partial charge on any atom is -0.328 e. The Hall–Kier alpha value is -1.26. The van der Waals surface area contributed by atoms with Gasteiger partial charge in [-0.25, -0.2) is 9.37 Å². The van der Waals surface area contributed by atoms with Gasteiger partial charge in [0.1, 0.15) is 5.82 Å². The smallest absolute Gasteiger partial charge is 0.123 e. The molecule has 0 saturated heterocycles. The summed E-state index contributed by atoms with van der Waals surface area (Å²) in [6, 6.07) is 5.06. The van der Waals surface area contributed by atoms with E-state index in [1.165, 1.54) is 10.9 Å². The molecule has 0 amide bonds. The molecule has 1 aromatic heterocycles. The first-order valence-electron chi connectivity index (χ1n) is 5.66.